The summed E-state index contributed by atoms with van der Waals surface area (Å²) >= 11 is 0. The molecule has 3 heteroatoms. The number of hydrogen-bond donors (Lipinski definition) is 1. The number of aromatic nitrogens is 1. The first-order valence-electron chi connectivity index (χ1n) is 5.87. The molecule has 0 aliphatic carbocycles. The van der Waals surface area contributed by atoms with E-state index in [0.29, 0.717) is 5.56 Å². The lowest BCUT2D eigenvalue weighted by molar-refractivity contribution is 0.0557. The summed E-state index contributed by atoms with van der Waals surface area (Å²) in [5.41, 5.74) is 1.06. The number of hydrogen-bond acceptors (Lipinski definition) is 2. The SMILES string of the molecule is Cc1ccncc1C(C)(O)Cc1ccccc1F. The molecule has 1 N–H and O–H groups in total. The molecular weight excluding hydrogens is 229 g/mol. The monoisotopic (exact) mass is 245 g/mol. The number of rotatable bonds is 3. The molecule has 0 bridgehead atoms. The van der Waals surface area contributed by atoms with Crippen molar-refractivity contribution in [2.75, 3.05) is 0 Å². The van der Waals surface area contributed by atoms with Gasteiger partial charge < -0.3 is 5.11 Å². The van der Waals surface area contributed by atoms with Crippen LogP contribution in [-0.4, -0.2) is 10.1 Å². The highest BCUT2D eigenvalue weighted by Crippen LogP contribution is 2.27. The van der Waals surface area contributed by atoms with Crippen molar-refractivity contribution < 1.29 is 9.50 Å². The fourth-order valence-electron chi connectivity index (χ4n) is 2.14. The molecule has 0 radical (unpaired) electrons. The Kier molecular flexibility index (Phi) is 3.43. The van der Waals surface area contributed by atoms with Crippen LogP contribution < -0.4 is 0 Å². The van der Waals surface area contributed by atoms with Crippen LogP contribution in [0.5, 0.6) is 0 Å². The summed E-state index contributed by atoms with van der Waals surface area (Å²) in [7, 11) is 0. The van der Waals surface area contributed by atoms with Gasteiger partial charge in [-0.25, -0.2) is 4.39 Å². The van der Waals surface area contributed by atoms with Crippen molar-refractivity contribution in [3.63, 3.8) is 0 Å². The summed E-state index contributed by atoms with van der Waals surface area (Å²) < 4.78 is 13.6. The minimum absolute atomic E-state index is 0.228. The first kappa shape index (κ1) is 12.7. The second-order valence-corrected chi connectivity index (χ2v) is 4.73. The maximum atomic E-state index is 13.6. The Morgan fingerprint density at radius 2 is 2.00 bits per heavy atom. The van der Waals surface area contributed by atoms with Gasteiger partial charge in [0.1, 0.15) is 5.82 Å². The largest absolute Gasteiger partial charge is 0.385 e. The van der Waals surface area contributed by atoms with E-state index in [1.807, 2.05) is 13.0 Å². The molecule has 0 aliphatic heterocycles. The predicted octanol–water partition coefficient (Wildman–Crippen LogP) is 2.98. The van der Waals surface area contributed by atoms with Crippen LogP contribution >= 0.6 is 0 Å². The molecule has 0 amide bonds. The van der Waals surface area contributed by atoms with E-state index in [4.69, 9.17) is 0 Å². The third-order valence-corrected chi connectivity index (χ3v) is 3.11. The second kappa shape index (κ2) is 4.86. The molecule has 0 aliphatic rings. The molecule has 1 unspecified atom stereocenters. The molecule has 0 saturated carbocycles. The van der Waals surface area contributed by atoms with Crippen LogP contribution in [0, 0.1) is 12.7 Å². The van der Waals surface area contributed by atoms with Gasteiger partial charge in [-0.05, 0) is 37.1 Å². The van der Waals surface area contributed by atoms with Crippen molar-refractivity contribution in [1.82, 2.24) is 4.98 Å². The average molecular weight is 245 g/mol. The highest BCUT2D eigenvalue weighted by Gasteiger charge is 2.26. The highest BCUT2D eigenvalue weighted by molar-refractivity contribution is 5.30. The van der Waals surface area contributed by atoms with E-state index in [0.717, 1.165) is 11.1 Å². The Morgan fingerprint density at radius 3 is 2.67 bits per heavy atom. The Hall–Kier alpha value is -1.74. The highest BCUT2D eigenvalue weighted by atomic mass is 19.1. The standard InChI is InChI=1S/C15H16FNO/c1-11-7-8-17-10-13(11)15(2,18)9-12-5-3-4-6-14(12)16/h3-8,10,18H,9H2,1-2H3. The lowest BCUT2D eigenvalue weighted by atomic mass is 9.87. The summed E-state index contributed by atoms with van der Waals surface area (Å²) in [4.78, 5) is 4.02. The zero-order valence-corrected chi connectivity index (χ0v) is 10.5. The lowest BCUT2D eigenvalue weighted by Gasteiger charge is -2.25. The molecule has 1 aromatic carbocycles. The molecule has 2 nitrogen and oxygen atoms in total. The molecule has 18 heavy (non-hydrogen) atoms. The lowest BCUT2D eigenvalue weighted by Crippen LogP contribution is -2.26. The normalized spacial score (nSPS) is 14.2. The first-order valence-corrected chi connectivity index (χ1v) is 5.87. The van der Waals surface area contributed by atoms with Crippen LogP contribution in [0.1, 0.15) is 23.6 Å². The summed E-state index contributed by atoms with van der Waals surface area (Å²) in [5.74, 6) is -0.292. The van der Waals surface area contributed by atoms with Gasteiger partial charge in [-0.1, -0.05) is 18.2 Å². The van der Waals surface area contributed by atoms with E-state index in [1.165, 1.54) is 6.07 Å². The van der Waals surface area contributed by atoms with E-state index >= 15 is 0 Å². The van der Waals surface area contributed by atoms with Gasteiger partial charge in [-0.2, -0.15) is 0 Å². The number of pyridine rings is 1. The molecule has 1 atom stereocenters. The number of aliphatic hydroxyl groups is 1. The van der Waals surface area contributed by atoms with E-state index < -0.39 is 5.60 Å². The minimum Gasteiger partial charge on any atom is -0.385 e. The molecule has 0 spiro atoms. The maximum Gasteiger partial charge on any atom is 0.126 e. The fraction of sp³-hybridized carbons (Fsp3) is 0.267. The molecule has 0 saturated heterocycles. The van der Waals surface area contributed by atoms with Crippen molar-refractivity contribution in [1.29, 1.82) is 0 Å². The van der Waals surface area contributed by atoms with E-state index in [1.54, 1.807) is 37.5 Å². The Morgan fingerprint density at radius 1 is 1.28 bits per heavy atom. The molecule has 94 valence electrons. The average Bonchev–Trinajstić information content (AvgIpc) is 2.32. The van der Waals surface area contributed by atoms with Crippen LogP contribution in [0.25, 0.3) is 0 Å². The van der Waals surface area contributed by atoms with Gasteiger partial charge >= 0.3 is 0 Å². The van der Waals surface area contributed by atoms with E-state index in [2.05, 4.69) is 4.98 Å². The number of benzene rings is 1. The zero-order valence-electron chi connectivity index (χ0n) is 10.5. The Bertz CT molecular complexity index is 552. The van der Waals surface area contributed by atoms with Gasteiger partial charge in [0.2, 0.25) is 0 Å². The Balaban J connectivity index is 2.33. The van der Waals surface area contributed by atoms with Crippen molar-refractivity contribution in [2.24, 2.45) is 0 Å². The van der Waals surface area contributed by atoms with Crippen molar-refractivity contribution >= 4 is 0 Å². The van der Waals surface area contributed by atoms with Crippen molar-refractivity contribution in [2.45, 2.75) is 25.9 Å². The van der Waals surface area contributed by atoms with Gasteiger partial charge in [0.25, 0.3) is 0 Å². The van der Waals surface area contributed by atoms with Crippen molar-refractivity contribution in [3.8, 4) is 0 Å². The Labute approximate surface area is 106 Å². The third kappa shape index (κ3) is 2.57. The predicted molar refractivity (Wildman–Crippen MR) is 68.6 cm³/mol. The van der Waals surface area contributed by atoms with E-state index in [9.17, 15) is 9.50 Å². The molecule has 1 aromatic heterocycles. The van der Waals surface area contributed by atoms with Gasteiger partial charge in [0.15, 0.2) is 0 Å². The van der Waals surface area contributed by atoms with Gasteiger partial charge in [-0.15, -0.1) is 0 Å². The summed E-state index contributed by atoms with van der Waals surface area (Å²) in [6, 6.07) is 8.34. The maximum absolute atomic E-state index is 13.6. The molecular formula is C15H16FNO. The topological polar surface area (TPSA) is 33.1 Å². The zero-order chi connectivity index (χ0) is 13.2. The molecule has 2 aromatic rings. The number of nitrogens with zero attached hydrogens (tertiary/aromatic N) is 1. The van der Waals surface area contributed by atoms with Gasteiger partial charge in [-0.3, -0.25) is 4.98 Å². The van der Waals surface area contributed by atoms with E-state index in [-0.39, 0.29) is 12.2 Å². The number of aryl methyl sites for hydroxylation is 1. The van der Waals surface area contributed by atoms with Crippen molar-refractivity contribution in [3.05, 3.63) is 65.2 Å². The second-order valence-electron chi connectivity index (χ2n) is 4.73. The van der Waals surface area contributed by atoms with Crippen LogP contribution in [0.4, 0.5) is 4.39 Å². The number of halogens is 1. The minimum atomic E-state index is -1.12. The first-order chi connectivity index (χ1) is 8.50. The van der Waals surface area contributed by atoms with Gasteiger partial charge in [0.05, 0.1) is 5.60 Å². The van der Waals surface area contributed by atoms with Crippen LogP contribution in [0.15, 0.2) is 42.7 Å². The van der Waals surface area contributed by atoms with Crippen LogP contribution in [0.3, 0.4) is 0 Å². The third-order valence-electron chi connectivity index (χ3n) is 3.11. The summed E-state index contributed by atoms with van der Waals surface area (Å²) in [6.45, 7) is 3.59. The quantitative estimate of drug-likeness (QED) is 0.901. The molecule has 2 rings (SSSR count). The van der Waals surface area contributed by atoms with Crippen LogP contribution in [0.2, 0.25) is 0 Å². The molecule has 0 fully saturated rings. The summed E-state index contributed by atoms with van der Waals surface area (Å²) in [5, 5.41) is 10.5. The summed E-state index contributed by atoms with van der Waals surface area (Å²) in [6.07, 6.45) is 3.54. The van der Waals surface area contributed by atoms with Gasteiger partial charge in [0, 0.05) is 24.4 Å². The van der Waals surface area contributed by atoms with Crippen LogP contribution in [-0.2, 0) is 12.0 Å². The smallest absolute Gasteiger partial charge is 0.126 e. The fourth-order valence-corrected chi connectivity index (χ4v) is 2.14. The molecule has 1 heterocycles.